The highest BCUT2D eigenvalue weighted by atomic mass is 35.5. The number of nitrogens with two attached hydrogens (primary N) is 1. The lowest BCUT2D eigenvalue weighted by atomic mass is 10.1. The summed E-state index contributed by atoms with van der Waals surface area (Å²) >= 11 is 5.89. The van der Waals surface area contributed by atoms with Crippen molar-refractivity contribution >= 4 is 41.1 Å². The van der Waals surface area contributed by atoms with E-state index in [0.717, 1.165) is 30.4 Å². The summed E-state index contributed by atoms with van der Waals surface area (Å²) < 4.78 is 38.5. The minimum absolute atomic E-state index is 0.0131. The molecule has 158 valence electrons. The van der Waals surface area contributed by atoms with Crippen molar-refractivity contribution in [3.8, 4) is 0 Å². The maximum atomic E-state index is 12.8. The Labute approximate surface area is 174 Å². The van der Waals surface area contributed by atoms with E-state index >= 15 is 0 Å². The lowest BCUT2D eigenvalue weighted by Crippen LogP contribution is -2.28. The maximum Gasteiger partial charge on any atom is 0.416 e. The molecule has 0 saturated carbocycles. The van der Waals surface area contributed by atoms with E-state index in [-0.39, 0.29) is 34.8 Å². The molecule has 2 rings (SSSR count). The van der Waals surface area contributed by atoms with Crippen LogP contribution in [0.4, 0.5) is 18.9 Å². The Balaban J connectivity index is 2.12. The molecule has 0 fully saturated rings. The summed E-state index contributed by atoms with van der Waals surface area (Å²) in [5.41, 5.74) is 4.45. The summed E-state index contributed by atoms with van der Waals surface area (Å²) in [4.78, 5) is 35.2. The van der Waals surface area contributed by atoms with E-state index in [1.165, 1.54) is 12.1 Å². The maximum absolute atomic E-state index is 12.8. The summed E-state index contributed by atoms with van der Waals surface area (Å²) in [6.45, 7) is 0.0321. The van der Waals surface area contributed by atoms with E-state index in [0.29, 0.717) is 0 Å². The number of amides is 3. The van der Waals surface area contributed by atoms with Crippen LogP contribution in [0, 0.1) is 0 Å². The topological polar surface area (TPSA) is 101 Å². The molecule has 0 aliphatic carbocycles. The average molecular weight is 440 g/mol. The van der Waals surface area contributed by atoms with Gasteiger partial charge in [-0.2, -0.15) is 13.2 Å². The van der Waals surface area contributed by atoms with E-state index in [4.69, 9.17) is 17.3 Å². The molecule has 0 saturated heterocycles. The molecule has 4 N–H and O–H groups in total. The van der Waals surface area contributed by atoms with Gasteiger partial charge in [0.05, 0.1) is 16.8 Å². The van der Waals surface area contributed by atoms with Crippen molar-refractivity contribution in [3.63, 3.8) is 0 Å². The van der Waals surface area contributed by atoms with Gasteiger partial charge in [0.2, 0.25) is 11.8 Å². The van der Waals surface area contributed by atoms with Gasteiger partial charge in [0, 0.05) is 24.1 Å². The number of alkyl halides is 3. The van der Waals surface area contributed by atoms with Crippen LogP contribution in [0.15, 0.2) is 48.5 Å². The molecule has 2 aromatic carbocycles. The highest BCUT2D eigenvalue weighted by molar-refractivity contribution is 6.32. The largest absolute Gasteiger partial charge is 0.416 e. The van der Waals surface area contributed by atoms with Crippen LogP contribution in [0.3, 0.4) is 0 Å². The van der Waals surface area contributed by atoms with Crippen LogP contribution >= 0.6 is 11.6 Å². The summed E-state index contributed by atoms with van der Waals surface area (Å²) in [6.07, 6.45) is -2.44. The third-order valence-electron chi connectivity index (χ3n) is 3.82. The van der Waals surface area contributed by atoms with Crippen LogP contribution in [-0.4, -0.2) is 24.3 Å². The van der Waals surface area contributed by atoms with Crippen molar-refractivity contribution in [2.75, 3.05) is 11.9 Å². The molecule has 0 aliphatic heterocycles. The number of hydrogen-bond acceptors (Lipinski definition) is 3. The highest BCUT2D eigenvalue weighted by Gasteiger charge is 2.30. The van der Waals surface area contributed by atoms with Gasteiger partial charge in [0.25, 0.3) is 5.91 Å². The van der Waals surface area contributed by atoms with Gasteiger partial charge in [-0.15, -0.1) is 0 Å². The van der Waals surface area contributed by atoms with Gasteiger partial charge in [-0.05, 0) is 42.0 Å². The first-order valence-electron chi connectivity index (χ1n) is 8.59. The summed E-state index contributed by atoms with van der Waals surface area (Å²) in [5.74, 6) is -1.78. The molecule has 0 bridgehead atoms. The molecular formula is C20H17ClF3N3O3. The number of hydrogen-bond donors (Lipinski definition) is 3. The molecular weight excluding hydrogens is 423 g/mol. The third kappa shape index (κ3) is 6.63. The quantitative estimate of drug-likeness (QED) is 0.574. The van der Waals surface area contributed by atoms with Crippen molar-refractivity contribution in [2.24, 2.45) is 5.73 Å². The van der Waals surface area contributed by atoms with Gasteiger partial charge in [-0.3, -0.25) is 14.4 Å². The van der Waals surface area contributed by atoms with Gasteiger partial charge in [-0.25, -0.2) is 0 Å². The van der Waals surface area contributed by atoms with Gasteiger partial charge in [0.15, 0.2) is 0 Å². The monoisotopic (exact) mass is 439 g/mol. The van der Waals surface area contributed by atoms with Crippen molar-refractivity contribution in [1.82, 2.24) is 5.32 Å². The molecule has 2 aromatic rings. The van der Waals surface area contributed by atoms with Gasteiger partial charge >= 0.3 is 6.18 Å². The number of halogens is 4. The van der Waals surface area contributed by atoms with E-state index < -0.39 is 29.5 Å². The van der Waals surface area contributed by atoms with Gasteiger partial charge in [0.1, 0.15) is 0 Å². The van der Waals surface area contributed by atoms with Crippen LogP contribution in [-0.2, 0) is 15.8 Å². The standard InChI is InChI=1S/C20H17ClF3N3O3/c21-15-7-6-13(20(22,23)24)11-12(15)5-8-18(29)27-16-4-2-1-3-14(16)19(30)26-10-9-17(25)28/h1-8,11H,9-10H2,(H2,25,28)(H,26,30)(H,27,29)/b8-5+. The third-order valence-corrected chi connectivity index (χ3v) is 4.17. The second-order valence-electron chi connectivity index (χ2n) is 6.07. The summed E-state index contributed by atoms with van der Waals surface area (Å²) in [7, 11) is 0. The normalized spacial score (nSPS) is 11.3. The smallest absolute Gasteiger partial charge is 0.370 e. The predicted octanol–water partition coefficient (Wildman–Crippen LogP) is 3.62. The number of rotatable bonds is 7. The van der Waals surface area contributed by atoms with E-state index in [9.17, 15) is 27.6 Å². The first-order chi connectivity index (χ1) is 14.1. The fourth-order valence-corrected chi connectivity index (χ4v) is 2.55. The van der Waals surface area contributed by atoms with E-state index in [1.807, 2.05) is 0 Å². The number of anilines is 1. The lowest BCUT2D eigenvalue weighted by molar-refractivity contribution is -0.137. The number of nitrogens with one attached hydrogen (secondary N) is 2. The van der Waals surface area contributed by atoms with Crippen LogP contribution in [0.1, 0.15) is 27.9 Å². The number of para-hydroxylation sites is 1. The molecule has 0 aromatic heterocycles. The van der Waals surface area contributed by atoms with Crippen molar-refractivity contribution < 1.29 is 27.6 Å². The molecule has 0 heterocycles. The Morgan fingerprint density at radius 2 is 1.80 bits per heavy atom. The first kappa shape index (κ1) is 23.0. The highest BCUT2D eigenvalue weighted by Crippen LogP contribution is 2.32. The second-order valence-corrected chi connectivity index (χ2v) is 6.48. The van der Waals surface area contributed by atoms with Gasteiger partial charge < -0.3 is 16.4 Å². The zero-order chi connectivity index (χ0) is 22.3. The lowest BCUT2D eigenvalue weighted by Gasteiger charge is -2.10. The zero-order valence-electron chi connectivity index (χ0n) is 15.4. The number of carbonyl (C=O) groups excluding carboxylic acids is 3. The molecule has 6 nitrogen and oxygen atoms in total. The molecule has 0 spiro atoms. The molecule has 10 heteroatoms. The van der Waals surface area contributed by atoms with Crippen LogP contribution in [0.5, 0.6) is 0 Å². The van der Waals surface area contributed by atoms with Crippen LogP contribution in [0.25, 0.3) is 6.08 Å². The van der Waals surface area contributed by atoms with Crippen molar-refractivity contribution in [1.29, 1.82) is 0 Å². The molecule has 0 unspecified atom stereocenters. The summed E-state index contributed by atoms with van der Waals surface area (Å²) in [6, 6.07) is 8.86. The van der Waals surface area contributed by atoms with E-state index in [2.05, 4.69) is 10.6 Å². The minimum Gasteiger partial charge on any atom is -0.370 e. The molecule has 3 amide bonds. The first-order valence-corrected chi connectivity index (χ1v) is 8.97. The minimum atomic E-state index is -4.55. The predicted molar refractivity (Wildman–Crippen MR) is 107 cm³/mol. The zero-order valence-corrected chi connectivity index (χ0v) is 16.2. The number of benzene rings is 2. The average Bonchev–Trinajstić information content (AvgIpc) is 2.66. The fraction of sp³-hybridized carbons (Fsp3) is 0.150. The Morgan fingerprint density at radius 3 is 2.47 bits per heavy atom. The number of carbonyl (C=O) groups is 3. The Kier molecular flexibility index (Phi) is 7.60. The van der Waals surface area contributed by atoms with Crippen LogP contribution < -0.4 is 16.4 Å². The van der Waals surface area contributed by atoms with Crippen LogP contribution in [0.2, 0.25) is 5.02 Å². The molecule has 30 heavy (non-hydrogen) atoms. The van der Waals surface area contributed by atoms with E-state index in [1.54, 1.807) is 12.1 Å². The Bertz CT molecular complexity index is 991. The van der Waals surface area contributed by atoms with Crippen molar-refractivity contribution in [2.45, 2.75) is 12.6 Å². The summed E-state index contributed by atoms with van der Waals surface area (Å²) in [5, 5.41) is 5.02. The number of primary amides is 1. The molecule has 0 aliphatic rings. The van der Waals surface area contributed by atoms with Gasteiger partial charge in [-0.1, -0.05) is 23.7 Å². The molecule has 0 radical (unpaired) electrons. The Morgan fingerprint density at radius 1 is 1.10 bits per heavy atom. The van der Waals surface area contributed by atoms with Crippen molar-refractivity contribution in [3.05, 3.63) is 70.3 Å². The Hall–Kier alpha value is -3.33. The molecule has 0 atom stereocenters. The fourth-order valence-electron chi connectivity index (χ4n) is 2.37. The second kappa shape index (κ2) is 9.93. The SMILES string of the molecule is NC(=O)CCNC(=O)c1ccccc1NC(=O)/C=C/c1cc(C(F)(F)F)ccc1Cl.